The summed E-state index contributed by atoms with van der Waals surface area (Å²) >= 11 is 0. The van der Waals surface area contributed by atoms with Crippen LogP contribution in [0.5, 0.6) is 0 Å². The molecule has 6 saturated heterocycles. The number of carbonyl (C=O) groups is 4. The number of esters is 3. The summed E-state index contributed by atoms with van der Waals surface area (Å²) in [4.78, 5) is 82.0. The number of carbonyl (C=O) groups excluding carboxylic acids is 4. The lowest BCUT2D eigenvalue weighted by atomic mass is 9.71. The molecule has 20 heteroatoms. The molecule has 0 spiro atoms. The van der Waals surface area contributed by atoms with Gasteiger partial charge in [-0.25, -0.2) is 19.4 Å². The highest BCUT2D eigenvalue weighted by molar-refractivity contribution is 6.60. The molecule has 560 valence electrons. The smallest absolute Gasteiger partial charge is 0.386 e. The van der Waals surface area contributed by atoms with Gasteiger partial charge in [-0.3, -0.25) is 34.4 Å². The van der Waals surface area contributed by atoms with Gasteiger partial charge in [0.1, 0.15) is 5.69 Å². The molecular formula is C81H125N9O11. The van der Waals surface area contributed by atoms with E-state index in [2.05, 4.69) is 114 Å². The molecular weight excluding hydrogens is 1270 g/mol. The van der Waals surface area contributed by atoms with Crippen molar-refractivity contribution < 1.29 is 45.2 Å². The number of piperidine rings is 3. The van der Waals surface area contributed by atoms with Crippen LogP contribution in [-0.2, 0) is 28.6 Å². The lowest BCUT2D eigenvalue weighted by molar-refractivity contribution is -0.384. The first-order chi connectivity index (χ1) is 47.6. The molecule has 4 aromatic rings. The first kappa shape index (κ1) is 78.7. The van der Waals surface area contributed by atoms with Crippen LogP contribution < -0.4 is 21.9 Å². The number of rotatable bonds is 15. The zero-order valence-corrected chi connectivity index (χ0v) is 63.0. The number of ether oxygens (including phenoxy) is 3. The number of nitrogens with zero attached hydrogens (tertiary/aromatic N) is 6. The number of nitrogen functional groups attached to an aromatic ring is 1. The third-order valence-electron chi connectivity index (χ3n) is 24.7. The van der Waals surface area contributed by atoms with E-state index in [1.165, 1.54) is 142 Å². The van der Waals surface area contributed by atoms with Crippen molar-refractivity contribution in [3.8, 4) is 0 Å². The van der Waals surface area contributed by atoms with E-state index in [0.717, 1.165) is 84.5 Å². The van der Waals surface area contributed by atoms with Crippen molar-refractivity contribution in [2.75, 3.05) is 36.2 Å². The number of nitrogens with two attached hydrogens (primary N) is 1. The fraction of sp³-hybridized carbons (Fsp3) is 0.704. The van der Waals surface area contributed by atoms with Gasteiger partial charge in [-0.2, -0.15) is 0 Å². The Bertz CT molecular complexity index is 3430. The summed E-state index contributed by atoms with van der Waals surface area (Å²) in [5, 5.41) is 18.6. The molecule has 101 heavy (non-hydrogen) atoms. The summed E-state index contributed by atoms with van der Waals surface area (Å²) < 4.78 is 15.6. The Hall–Kier alpha value is -6.48. The van der Waals surface area contributed by atoms with Crippen LogP contribution in [-0.4, -0.2) is 145 Å². The maximum absolute atomic E-state index is 13.5. The average molecular weight is 1400 g/mol. The Kier molecular flexibility index (Phi) is 26.8. The van der Waals surface area contributed by atoms with Crippen LogP contribution >= 0.6 is 0 Å². The number of benzene rings is 3. The third-order valence-corrected chi connectivity index (χ3v) is 24.7. The summed E-state index contributed by atoms with van der Waals surface area (Å²) in [7, 11) is 0. The van der Waals surface area contributed by atoms with Gasteiger partial charge in [0.05, 0.1) is 47.2 Å². The predicted molar refractivity (Wildman–Crippen MR) is 403 cm³/mol. The number of fused-ring (bicyclic) bond motifs is 7. The molecule has 6 bridgehead atoms. The number of para-hydroxylation sites is 6. The minimum Gasteiger partial charge on any atom is -0.461 e. The standard InChI is InChI=1S/C28H39N3O3.C23H35N3O2.C23H37N3.C7H10O5.H2O.H2/c1-5-34-27(33)25-26(32)31(24-9-7-6-8-23(24)29-25)22-16-20-14-15-21(17-22)30(20)19-12-10-18(11-13-19)28(2,3)4;1-23(2,3)16-8-10-18(11-9-16)25-19-12-13-20(25)15-17(14-19)24-21-6-4-5-7-22(21)26(27)28;1-23(2,3)16-8-10-18(11-9-16)26-19-12-13-20(26)15-17(14-19)25-22-7-5-4-6-21(22)24;1-3-11-6(9)5(8)7(10)12-4-2;;/h6-9,18-22H,5,10-17H2,1-4H3;4-7,16-20,24H,8-15H2,1-3H3;4-7,16-20,25H,8-15,24H2,1-3H3;3-4H2,1-2H3;1H2;1H/t18?,19?,20-,21+,22?;2*16?,17?,18?,19-,20+;;;. The molecule has 3 aromatic carbocycles. The van der Waals surface area contributed by atoms with Gasteiger partial charge in [-0.15, -0.1) is 0 Å². The highest BCUT2D eigenvalue weighted by atomic mass is 16.6. The van der Waals surface area contributed by atoms with Crippen molar-refractivity contribution in [3.63, 3.8) is 0 Å². The molecule has 9 fully saturated rings. The quantitative estimate of drug-likeness (QED) is 0.0190. The number of nitrogens with one attached hydrogen (secondary N) is 2. The number of anilines is 3. The van der Waals surface area contributed by atoms with E-state index < -0.39 is 23.7 Å². The normalized spacial score (nSPS) is 29.6. The zero-order valence-electron chi connectivity index (χ0n) is 63.0. The molecule has 0 radical (unpaired) electrons. The van der Waals surface area contributed by atoms with E-state index >= 15 is 0 Å². The van der Waals surface area contributed by atoms with Gasteiger partial charge in [0, 0.05) is 80.0 Å². The molecule has 0 amide bonds. The second-order valence-electron chi connectivity index (χ2n) is 33.8. The fourth-order valence-electron chi connectivity index (χ4n) is 19.7. The van der Waals surface area contributed by atoms with Crippen molar-refractivity contribution in [3.05, 3.63) is 99.0 Å². The SMILES string of the molecule is CC(C)(C)C1CCC(N2[C@@H]3CC[C@H]2CC(Nc2ccccc2N)C3)CC1.CC(C)(C)C1CCC(N2[C@@H]3CC[C@H]2CC(Nc2ccccc2[N+](=O)[O-])C3)CC1.CCOC(=O)C(=O)C(=O)OCC.CCOC(=O)c1nc2ccccc2n(C2C[C@H]3CC[C@@H](C2)N3C2CCC(C(C)(C)C)CC2)c1=O.O.[HH]. The molecule has 3 aliphatic carbocycles. The van der Waals surface area contributed by atoms with Crippen LogP contribution in [0.25, 0.3) is 11.0 Å². The van der Waals surface area contributed by atoms with Crippen LogP contribution in [0.15, 0.2) is 77.6 Å². The molecule has 9 atom stereocenters. The number of ketones is 1. The monoisotopic (exact) mass is 1400 g/mol. The third kappa shape index (κ3) is 19.1. The van der Waals surface area contributed by atoms with Gasteiger partial charge in [-0.05, 0) is 239 Å². The van der Waals surface area contributed by atoms with Gasteiger partial charge in [0.2, 0.25) is 5.69 Å². The lowest BCUT2D eigenvalue weighted by Crippen LogP contribution is -2.52. The molecule has 1 aromatic heterocycles. The Morgan fingerprint density at radius 1 is 0.495 bits per heavy atom. The van der Waals surface area contributed by atoms with Crippen LogP contribution in [0.4, 0.5) is 22.7 Å². The highest BCUT2D eigenvalue weighted by Gasteiger charge is 2.49. The maximum atomic E-state index is 13.5. The van der Waals surface area contributed by atoms with E-state index in [0.29, 0.717) is 69.7 Å². The minimum atomic E-state index is -1.27. The second-order valence-corrected chi connectivity index (χ2v) is 33.8. The number of hydrogen-bond acceptors (Lipinski definition) is 17. The first-order valence-electron chi connectivity index (χ1n) is 38.6. The van der Waals surface area contributed by atoms with Gasteiger partial charge in [0.25, 0.3) is 11.2 Å². The summed E-state index contributed by atoms with van der Waals surface area (Å²) in [6.07, 6.45) is 30.8. The molecule has 3 unspecified atom stereocenters. The minimum absolute atomic E-state index is 0. The van der Waals surface area contributed by atoms with E-state index in [9.17, 15) is 34.1 Å². The van der Waals surface area contributed by atoms with E-state index in [1.54, 1.807) is 19.1 Å². The molecule has 6 aliphatic heterocycles. The summed E-state index contributed by atoms with van der Waals surface area (Å²) in [6, 6.07) is 30.2. The topological polar surface area (TPSA) is 265 Å². The van der Waals surface area contributed by atoms with Crippen molar-refractivity contribution in [2.45, 2.75) is 310 Å². The maximum Gasteiger partial charge on any atom is 0.386 e. The van der Waals surface area contributed by atoms with E-state index in [4.69, 9.17) is 10.5 Å². The van der Waals surface area contributed by atoms with Crippen molar-refractivity contribution >= 4 is 57.5 Å². The number of hydrogen-bond donors (Lipinski definition) is 3. The first-order valence-corrected chi connectivity index (χ1v) is 38.6. The van der Waals surface area contributed by atoms with Gasteiger partial charge < -0.3 is 40.6 Å². The van der Waals surface area contributed by atoms with Gasteiger partial charge in [-0.1, -0.05) is 98.7 Å². The fourth-order valence-corrected chi connectivity index (χ4v) is 19.7. The summed E-state index contributed by atoms with van der Waals surface area (Å²) in [5.74, 6) is -1.63. The van der Waals surface area contributed by atoms with Crippen LogP contribution in [0.2, 0.25) is 0 Å². The second kappa shape index (κ2) is 34.4. The van der Waals surface area contributed by atoms with E-state index in [1.807, 2.05) is 53.1 Å². The zero-order chi connectivity index (χ0) is 71.8. The van der Waals surface area contributed by atoms with Crippen LogP contribution in [0.3, 0.4) is 0 Å². The Balaban J connectivity index is 0.000000179. The van der Waals surface area contributed by atoms with Crippen molar-refractivity contribution in [1.82, 2.24) is 24.3 Å². The number of nitro benzene ring substituents is 1. The predicted octanol–water partition coefficient (Wildman–Crippen LogP) is 15.3. The Labute approximate surface area is 603 Å². The van der Waals surface area contributed by atoms with Crippen molar-refractivity contribution in [1.29, 1.82) is 0 Å². The lowest BCUT2D eigenvalue weighted by Gasteiger charge is -2.47. The molecule has 13 rings (SSSR count). The molecule has 9 aliphatic rings. The van der Waals surface area contributed by atoms with Gasteiger partial charge >= 0.3 is 23.7 Å². The van der Waals surface area contributed by atoms with Crippen molar-refractivity contribution in [2.24, 2.45) is 34.0 Å². The van der Waals surface area contributed by atoms with E-state index in [-0.39, 0.29) is 54.6 Å². The summed E-state index contributed by atoms with van der Waals surface area (Å²) in [6.45, 7) is 26.8. The molecule has 7 heterocycles. The molecule has 3 saturated carbocycles. The number of aromatic nitrogens is 2. The highest BCUT2D eigenvalue weighted by Crippen LogP contribution is 2.50. The largest absolute Gasteiger partial charge is 0.461 e. The van der Waals surface area contributed by atoms with Gasteiger partial charge in [0.15, 0.2) is 0 Å². The molecule has 6 N–H and O–H groups in total. The Morgan fingerprint density at radius 2 is 0.842 bits per heavy atom. The average Bonchev–Trinajstić information content (AvgIpc) is 1.38. The Morgan fingerprint density at radius 3 is 1.23 bits per heavy atom. The number of nitro groups is 1. The van der Waals surface area contributed by atoms with Crippen LogP contribution in [0, 0.1) is 44.1 Å². The van der Waals surface area contributed by atoms with Crippen LogP contribution in [0.1, 0.15) is 255 Å². The molecule has 20 nitrogen and oxygen atoms in total. The summed E-state index contributed by atoms with van der Waals surface area (Å²) in [5.41, 5.74) is 11.4. The number of Topliss-reactive ketones (excluding diaryl/α,β-unsaturated/α-hetero) is 1.